The van der Waals surface area contributed by atoms with Crippen LogP contribution in [0.4, 0.5) is 4.39 Å². The monoisotopic (exact) mass is 391 g/mol. The molecule has 1 aromatic heterocycles. The Hall–Kier alpha value is -2.95. The van der Waals surface area contributed by atoms with E-state index in [0.29, 0.717) is 23.6 Å². The van der Waals surface area contributed by atoms with Crippen molar-refractivity contribution >= 4 is 5.91 Å². The van der Waals surface area contributed by atoms with Gasteiger partial charge in [0.1, 0.15) is 6.17 Å². The van der Waals surface area contributed by atoms with Crippen molar-refractivity contribution < 1.29 is 9.18 Å². The third kappa shape index (κ3) is 3.46. The molecule has 1 aliphatic heterocycles. The average Bonchev–Trinajstić information content (AvgIpc) is 3.29. The molecule has 0 bridgehead atoms. The Bertz CT molecular complexity index is 1010. The number of halogens is 1. The van der Waals surface area contributed by atoms with Crippen LogP contribution in [0.15, 0.2) is 60.8 Å². The standard InChI is InChI=1S/C24H26FN3O/c1-4-27-23(22(25)17-8-6-5-7-9-17)20-14-18(10-11-19(20)24(27)29)21-12-13-26-28(21)15-16(2)3/h5-14,16,22-23H,4,15H2,1-3H3. The number of carbonyl (C=O) groups is 1. The summed E-state index contributed by atoms with van der Waals surface area (Å²) in [7, 11) is 0. The summed E-state index contributed by atoms with van der Waals surface area (Å²) in [6.45, 7) is 7.46. The topological polar surface area (TPSA) is 38.1 Å². The van der Waals surface area contributed by atoms with E-state index in [2.05, 4.69) is 18.9 Å². The van der Waals surface area contributed by atoms with Crippen molar-refractivity contribution in [3.05, 3.63) is 77.5 Å². The second-order valence-electron chi connectivity index (χ2n) is 7.94. The van der Waals surface area contributed by atoms with Crippen LogP contribution >= 0.6 is 0 Å². The number of amides is 1. The predicted molar refractivity (Wildman–Crippen MR) is 112 cm³/mol. The molecular weight excluding hydrogens is 365 g/mol. The van der Waals surface area contributed by atoms with E-state index in [0.717, 1.165) is 23.4 Å². The predicted octanol–water partition coefficient (Wildman–Crippen LogP) is 5.43. The zero-order valence-electron chi connectivity index (χ0n) is 17.0. The summed E-state index contributed by atoms with van der Waals surface area (Å²) in [6.07, 6.45) is 0.505. The summed E-state index contributed by atoms with van der Waals surface area (Å²) in [4.78, 5) is 14.6. The van der Waals surface area contributed by atoms with Gasteiger partial charge in [0.05, 0.1) is 11.7 Å². The second-order valence-corrected chi connectivity index (χ2v) is 7.94. The molecule has 0 N–H and O–H groups in total. The maximum Gasteiger partial charge on any atom is 0.254 e. The van der Waals surface area contributed by atoms with Crippen molar-refractivity contribution in [2.45, 2.75) is 39.5 Å². The first kappa shape index (κ1) is 19.4. The molecule has 0 saturated carbocycles. The Morgan fingerprint density at radius 3 is 2.55 bits per heavy atom. The first-order valence-corrected chi connectivity index (χ1v) is 10.2. The van der Waals surface area contributed by atoms with Gasteiger partial charge in [-0.3, -0.25) is 9.48 Å². The fourth-order valence-electron chi connectivity index (χ4n) is 4.15. The highest BCUT2D eigenvalue weighted by molar-refractivity contribution is 6.00. The van der Waals surface area contributed by atoms with Gasteiger partial charge in [-0.2, -0.15) is 5.10 Å². The van der Waals surface area contributed by atoms with Crippen LogP contribution < -0.4 is 0 Å². The van der Waals surface area contributed by atoms with E-state index in [-0.39, 0.29) is 5.91 Å². The Kier molecular flexibility index (Phi) is 5.22. The number of alkyl halides is 1. The summed E-state index contributed by atoms with van der Waals surface area (Å²) in [5.74, 6) is 0.356. The number of aromatic nitrogens is 2. The normalized spacial score (nSPS) is 17.1. The average molecular weight is 391 g/mol. The molecule has 4 rings (SSSR count). The Labute approximate surface area is 171 Å². The number of hydrogen-bond donors (Lipinski definition) is 0. The van der Waals surface area contributed by atoms with Crippen LogP contribution in [0.3, 0.4) is 0 Å². The van der Waals surface area contributed by atoms with Gasteiger partial charge in [0.15, 0.2) is 0 Å². The highest BCUT2D eigenvalue weighted by Gasteiger charge is 2.41. The summed E-state index contributed by atoms with van der Waals surface area (Å²) in [5, 5.41) is 4.44. The molecule has 0 spiro atoms. The summed E-state index contributed by atoms with van der Waals surface area (Å²) >= 11 is 0. The molecular formula is C24H26FN3O. The van der Waals surface area contributed by atoms with Crippen molar-refractivity contribution in [1.82, 2.24) is 14.7 Å². The van der Waals surface area contributed by atoms with Crippen LogP contribution in [0.5, 0.6) is 0 Å². The van der Waals surface area contributed by atoms with E-state index in [4.69, 9.17) is 0 Å². The van der Waals surface area contributed by atoms with Crippen molar-refractivity contribution in [3.8, 4) is 11.3 Å². The second kappa shape index (κ2) is 7.82. The zero-order chi connectivity index (χ0) is 20.5. The fourth-order valence-corrected chi connectivity index (χ4v) is 4.15. The van der Waals surface area contributed by atoms with Crippen LogP contribution in [0.2, 0.25) is 0 Å². The molecule has 0 fully saturated rings. The van der Waals surface area contributed by atoms with E-state index < -0.39 is 12.2 Å². The SMILES string of the molecule is CCN1C(=O)c2ccc(-c3ccnn3CC(C)C)cc2C1C(F)c1ccccc1. The quantitative estimate of drug-likeness (QED) is 0.562. The number of fused-ring (bicyclic) bond motifs is 1. The fraction of sp³-hybridized carbons (Fsp3) is 0.333. The van der Waals surface area contributed by atoms with Crippen molar-refractivity contribution in [1.29, 1.82) is 0 Å². The summed E-state index contributed by atoms with van der Waals surface area (Å²) < 4.78 is 17.6. The van der Waals surface area contributed by atoms with Gasteiger partial charge in [0, 0.05) is 30.4 Å². The maximum absolute atomic E-state index is 15.6. The molecule has 3 aromatic rings. The number of hydrogen-bond acceptors (Lipinski definition) is 2. The number of carbonyl (C=O) groups excluding carboxylic acids is 1. The lowest BCUT2D eigenvalue weighted by Crippen LogP contribution is -2.30. The van der Waals surface area contributed by atoms with Crippen molar-refractivity contribution in [3.63, 3.8) is 0 Å². The van der Waals surface area contributed by atoms with Gasteiger partial charge in [-0.15, -0.1) is 0 Å². The number of rotatable bonds is 6. The van der Waals surface area contributed by atoms with E-state index in [1.54, 1.807) is 23.2 Å². The minimum absolute atomic E-state index is 0.103. The molecule has 150 valence electrons. The molecule has 4 nitrogen and oxygen atoms in total. The first-order chi connectivity index (χ1) is 14.0. The van der Waals surface area contributed by atoms with Crippen molar-refractivity contribution in [2.75, 3.05) is 6.54 Å². The highest BCUT2D eigenvalue weighted by Crippen LogP contribution is 2.44. The van der Waals surface area contributed by atoms with E-state index >= 15 is 4.39 Å². The molecule has 5 heteroatoms. The minimum atomic E-state index is -1.28. The lowest BCUT2D eigenvalue weighted by molar-refractivity contribution is 0.0637. The highest BCUT2D eigenvalue weighted by atomic mass is 19.1. The molecule has 1 aliphatic rings. The van der Waals surface area contributed by atoms with Crippen LogP contribution in [0, 0.1) is 5.92 Å². The van der Waals surface area contributed by atoms with Gasteiger partial charge in [0.2, 0.25) is 0 Å². The molecule has 2 aromatic carbocycles. The number of benzene rings is 2. The van der Waals surface area contributed by atoms with Gasteiger partial charge >= 0.3 is 0 Å². The minimum Gasteiger partial charge on any atom is -0.329 e. The van der Waals surface area contributed by atoms with Crippen LogP contribution in [-0.2, 0) is 6.54 Å². The number of likely N-dealkylation sites (N-methyl/N-ethyl adjacent to an activating group) is 1. The van der Waals surface area contributed by atoms with Gasteiger partial charge in [-0.25, -0.2) is 4.39 Å². The smallest absolute Gasteiger partial charge is 0.254 e. The molecule has 2 atom stereocenters. The Balaban J connectivity index is 1.78. The lowest BCUT2D eigenvalue weighted by atomic mass is 9.94. The molecule has 2 heterocycles. The maximum atomic E-state index is 15.6. The molecule has 0 aliphatic carbocycles. The zero-order valence-corrected chi connectivity index (χ0v) is 17.0. The molecule has 2 unspecified atom stereocenters. The molecule has 1 amide bonds. The van der Waals surface area contributed by atoms with E-state index in [1.807, 2.05) is 54.1 Å². The van der Waals surface area contributed by atoms with Gasteiger partial charge in [-0.05, 0) is 42.2 Å². The van der Waals surface area contributed by atoms with Crippen LogP contribution in [-0.4, -0.2) is 27.1 Å². The summed E-state index contributed by atoms with van der Waals surface area (Å²) in [6, 6.07) is 16.2. The van der Waals surface area contributed by atoms with Gasteiger partial charge in [0.25, 0.3) is 5.91 Å². The summed E-state index contributed by atoms with van der Waals surface area (Å²) in [5.41, 5.74) is 3.87. The largest absolute Gasteiger partial charge is 0.329 e. The van der Waals surface area contributed by atoms with E-state index in [1.165, 1.54) is 0 Å². The van der Waals surface area contributed by atoms with Gasteiger partial charge in [-0.1, -0.05) is 50.2 Å². The first-order valence-electron chi connectivity index (χ1n) is 10.2. The van der Waals surface area contributed by atoms with Gasteiger partial charge < -0.3 is 4.90 Å². The molecule has 29 heavy (non-hydrogen) atoms. The molecule has 0 saturated heterocycles. The van der Waals surface area contributed by atoms with Crippen LogP contribution in [0.25, 0.3) is 11.3 Å². The Morgan fingerprint density at radius 2 is 1.86 bits per heavy atom. The number of nitrogens with zero attached hydrogens (tertiary/aromatic N) is 3. The van der Waals surface area contributed by atoms with Crippen LogP contribution in [0.1, 0.15) is 54.5 Å². The third-order valence-electron chi connectivity index (χ3n) is 5.48. The molecule has 0 radical (unpaired) electrons. The van der Waals surface area contributed by atoms with E-state index in [9.17, 15) is 4.79 Å². The lowest BCUT2D eigenvalue weighted by Gasteiger charge is -2.27. The third-order valence-corrected chi connectivity index (χ3v) is 5.48. The van der Waals surface area contributed by atoms with Crippen molar-refractivity contribution in [2.24, 2.45) is 5.92 Å². The Morgan fingerprint density at radius 1 is 1.10 bits per heavy atom.